The van der Waals surface area contributed by atoms with Gasteiger partial charge >= 0.3 is 5.97 Å². The van der Waals surface area contributed by atoms with Crippen LogP contribution in [0.5, 0.6) is 0 Å². The van der Waals surface area contributed by atoms with Crippen LogP contribution in [0.1, 0.15) is 51.5 Å². The molecule has 1 aromatic carbocycles. The van der Waals surface area contributed by atoms with Gasteiger partial charge in [-0.3, -0.25) is 19.2 Å². The van der Waals surface area contributed by atoms with Gasteiger partial charge in [-0.15, -0.1) is 0 Å². The Morgan fingerprint density at radius 2 is 1.43 bits per heavy atom. The van der Waals surface area contributed by atoms with Gasteiger partial charge in [-0.2, -0.15) is 0 Å². The van der Waals surface area contributed by atoms with E-state index in [0.29, 0.717) is 25.8 Å². The first-order valence-electron chi connectivity index (χ1n) is 12.4. The molecule has 0 heterocycles. The number of nitrogens with one attached hydrogen (secondary N) is 3. The molecule has 0 aromatic heterocycles. The third-order valence-corrected chi connectivity index (χ3v) is 5.58. The van der Waals surface area contributed by atoms with Crippen LogP contribution in [-0.2, 0) is 30.4 Å². The molecule has 4 unspecified atom stereocenters. The number of amides is 4. The summed E-state index contributed by atoms with van der Waals surface area (Å²) in [5, 5.41) is 16.9. The first kappa shape index (κ1) is 31.5. The Balaban J connectivity index is 3.11. The minimum atomic E-state index is -1.55. The van der Waals surface area contributed by atoms with Crippen molar-refractivity contribution in [3.63, 3.8) is 0 Å². The minimum absolute atomic E-state index is 0.142. The van der Waals surface area contributed by atoms with Crippen LogP contribution >= 0.6 is 0 Å². The number of carbonyl (C=O) groups is 5. The molecular formula is C25H40N6O6. The molecular weight excluding hydrogens is 480 g/mol. The number of hydrogen-bond acceptors (Lipinski definition) is 7. The van der Waals surface area contributed by atoms with Gasteiger partial charge in [0.05, 0.1) is 12.5 Å². The Morgan fingerprint density at radius 1 is 0.865 bits per heavy atom. The Hall–Kier alpha value is -3.51. The van der Waals surface area contributed by atoms with Gasteiger partial charge in [0.2, 0.25) is 23.6 Å². The summed E-state index contributed by atoms with van der Waals surface area (Å²) in [7, 11) is 0. The fraction of sp³-hybridized carbons (Fsp3) is 0.560. The molecule has 0 aliphatic rings. The van der Waals surface area contributed by atoms with E-state index in [9.17, 15) is 29.1 Å². The van der Waals surface area contributed by atoms with Crippen LogP contribution in [0.2, 0.25) is 0 Å². The van der Waals surface area contributed by atoms with Gasteiger partial charge in [0.1, 0.15) is 18.1 Å². The molecule has 206 valence electrons. The number of unbranched alkanes of at least 4 members (excludes halogenated alkanes) is 1. The lowest BCUT2D eigenvalue weighted by molar-refractivity contribution is -0.143. The SMILES string of the molecule is CC(C)CC(N)C(=O)NC(Cc1ccccc1)C(=O)NC(CCCCN)C(=O)NC(CC(N)=O)C(=O)O. The summed E-state index contributed by atoms with van der Waals surface area (Å²) in [6, 6.07) is 4.47. The second-order valence-electron chi connectivity index (χ2n) is 9.40. The topological polar surface area (TPSA) is 220 Å². The average molecular weight is 521 g/mol. The molecule has 0 spiro atoms. The second kappa shape index (κ2) is 16.3. The summed E-state index contributed by atoms with van der Waals surface area (Å²) < 4.78 is 0. The van der Waals surface area contributed by atoms with Crippen molar-refractivity contribution in [2.24, 2.45) is 23.1 Å². The van der Waals surface area contributed by atoms with Crippen LogP contribution in [-0.4, -0.2) is 65.4 Å². The van der Waals surface area contributed by atoms with Crippen molar-refractivity contribution in [1.29, 1.82) is 0 Å². The number of benzene rings is 1. The van der Waals surface area contributed by atoms with E-state index in [2.05, 4.69) is 16.0 Å². The lowest BCUT2D eigenvalue weighted by Crippen LogP contribution is -2.57. The van der Waals surface area contributed by atoms with Crippen molar-refractivity contribution < 1.29 is 29.1 Å². The van der Waals surface area contributed by atoms with E-state index >= 15 is 0 Å². The Bertz CT molecular complexity index is 910. The van der Waals surface area contributed by atoms with Crippen molar-refractivity contribution in [1.82, 2.24) is 16.0 Å². The molecule has 0 saturated carbocycles. The van der Waals surface area contributed by atoms with Crippen molar-refractivity contribution in [3.05, 3.63) is 35.9 Å². The van der Waals surface area contributed by atoms with Crippen molar-refractivity contribution in [3.8, 4) is 0 Å². The smallest absolute Gasteiger partial charge is 0.326 e. The van der Waals surface area contributed by atoms with Gasteiger partial charge in [-0.05, 0) is 43.7 Å². The molecule has 4 atom stereocenters. The third-order valence-electron chi connectivity index (χ3n) is 5.58. The number of aliphatic carboxylic acids is 1. The number of carboxylic acid groups (broad SMARTS) is 1. The maximum atomic E-state index is 13.3. The molecule has 0 radical (unpaired) electrons. The van der Waals surface area contributed by atoms with Crippen LogP contribution < -0.4 is 33.2 Å². The van der Waals surface area contributed by atoms with Gasteiger partial charge < -0.3 is 38.3 Å². The zero-order valence-corrected chi connectivity index (χ0v) is 21.4. The van der Waals surface area contributed by atoms with Gasteiger partial charge in [-0.25, -0.2) is 4.79 Å². The van der Waals surface area contributed by atoms with Crippen LogP contribution in [0.25, 0.3) is 0 Å². The zero-order valence-electron chi connectivity index (χ0n) is 21.4. The Kier molecular flexibility index (Phi) is 13.9. The fourth-order valence-corrected chi connectivity index (χ4v) is 3.66. The van der Waals surface area contributed by atoms with Crippen LogP contribution in [0.3, 0.4) is 0 Å². The number of primary amides is 1. The molecule has 0 aliphatic heterocycles. The van der Waals surface area contributed by atoms with E-state index in [1.54, 1.807) is 24.3 Å². The number of rotatable bonds is 17. The van der Waals surface area contributed by atoms with E-state index < -0.39 is 60.2 Å². The number of carbonyl (C=O) groups excluding carboxylic acids is 4. The summed E-state index contributed by atoms with van der Waals surface area (Å²) in [6.45, 7) is 4.21. The number of nitrogens with two attached hydrogens (primary N) is 3. The lowest BCUT2D eigenvalue weighted by Gasteiger charge is -2.25. The van der Waals surface area contributed by atoms with E-state index in [4.69, 9.17) is 17.2 Å². The zero-order chi connectivity index (χ0) is 28.0. The molecule has 1 aromatic rings. The minimum Gasteiger partial charge on any atom is -0.480 e. The number of hydrogen-bond donors (Lipinski definition) is 7. The highest BCUT2D eigenvalue weighted by molar-refractivity contribution is 5.95. The summed E-state index contributed by atoms with van der Waals surface area (Å²) >= 11 is 0. The molecule has 10 N–H and O–H groups in total. The molecule has 12 heteroatoms. The van der Waals surface area contributed by atoms with E-state index in [-0.39, 0.29) is 18.8 Å². The molecule has 1 rings (SSSR count). The lowest BCUT2D eigenvalue weighted by atomic mass is 10.0. The second-order valence-corrected chi connectivity index (χ2v) is 9.40. The molecule has 0 bridgehead atoms. The highest BCUT2D eigenvalue weighted by atomic mass is 16.4. The highest BCUT2D eigenvalue weighted by Crippen LogP contribution is 2.09. The highest BCUT2D eigenvalue weighted by Gasteiger charge is 2.31. The van der Waals surface area contributed by atoms with Crippen LogP contribution in [0.15, 0.2) is 30.3 Å². The number of carboxylic acids is 1. The molecule has 37 heavy (non-hydrogen) atoms. The first-order chi connectivity index (χ1) is 17.4. The van der Waals surface area contributed by atoms with E-state index in [1.165, 1.54) is 0 Å². The van der Waals surface area contributed by atoms with Gasteiger partial charge in [0, 0.05) is 6.42 Å². The average Bonchev–Trinajstić information content (AvgIpc) is 2.82. The summed E-state index contributed by atoms with van der Waals surface area (Å²) in [6.07, 6.45) is 1.16. The standard InChI is InChI=1S/C25H40N6O6/c1-15(2)12-17(27)22(33)30-19(13-16-8-4-3-5-9-16)24(35)29-18(10-6-7-11-26)23(34)31-20(25(36)37)14-21(28)32/h3-5,8-9,15,17-20H,6-7,10-14,26-27H2,1-2H3,(H2,28,32)(H,29,35)(H,30,33)(H,31,34)(H,36,37). The van der Waals surface area contributed by atoms with E-state index in [1.807, 2.05) is 19.9 Å². The predicted octanol–water partition coefficient (Wildman–Crippen LogP) is -0.854. The van der Waals surface area contributed by atoms with Crippen molar-refractivity contribution in [2.75, 3.05) is 6.54 Å². The quantitative estimate of drug-likeness (QED) is 0.128. The largest absolute Gasteiger partial charge is 0.480 e. The molecule has 4 amide bonds. The normalized spacial score (nSPS) is 14.2. The van der Waals surface area contributed by atoms with E-state index in [0.717, 1.165) is 5.56 Å². The maximum Gasteiger partial charge on any atom is 0.326 e. The van der Waals surface area contributed by atoms with Crippen LogP contribution in [0.4, 0.5) is 0 Å². The van der Waals surface area contributed by atoms with Crippen LogP contribution in [0, 0.1) is 5.92 Å². The summed E-state index contributed by atoms with van der Waals surface area (Å²) in [4.78, 5) is 61.6. The first-order valence-corrected chi connectivity index (χ1v) is 12.4. The fourth-order valence-electron chi connectivity index (χ4n) is 3.66. The van der Waals surface area contributed by atoms with Gasteiger partial charge in [0.15, 0.2) is 0 Å². The summed E-state index contributed by atoms with van der Waals surface area (Å²) in [5.41, 5.74) is 17.4. The Morgan fingerprint density at radius 3 is 1.97 bits per heavy atom. The van der Waals surface area contributed by atoms with Gasteiger partial charge in [-0.1, -0.05) is 44.2 Å². The molecule has 0 aliphatic carbocycles. The molecule has 0 saturated heterocycles. The maximum absolute atomic E-state index is 13.3. The third kappa shape index (κ3) is 12.3. The monoisotopic (exact) mass is 520 g/mol. The van der Waals surface area contributed by atoms with Gasteiger partial charge in [0.25, 0.3) is 0 Å². The molecule has 0 fully saturated rings. The molecule has 12 nitrogen and oxygen atoms in total. The summed E-state index contributed by atoms with van der Waals surface area (Å²) in [5.74, 6) is -4.10. The van der Waals surface area contributed by atoms with Crippen molar-refractivity contribution in [2.45, 2.75) is 76.5 Å². The predicted molar refractivity (Wildman–Crippen MR) is 138 cm³/mol. The Labute approximate surface area is 217 Å². The van der Waals surface area contributed by atoms with Crippen molar-refractivity contribution >= 4 is 29.6 Å².